The number of aliphatic hydroxyl groups is 1. The van der Waals surface area contributed by atoms with Crippen molar-refractivity contribution in [3.8, 4) is 0 Å². The van der Waals surface area contributed by atoms with Crippen LogP contribution in [-0.2, 0) is 9.59 Å². The third kappa shape index (κ3) is 4.61. The molecule has 0 amide bonds. The van der Waals surface area contributed by atoms with Crippen LogP contribution in [0.4, 0.5) is 0 Å². The zero-order chi connectivity index (χ0) is 21.8. The Labute approximate surface area is 184 Å². The molecule has 0 saturated heterocycles. The fourth-order valence-electron chi connectivity index (χ4n) is 7.27. The van der Waals surface area contributed by atoms with Gasteiger partial charge in [0, 0.05) is 11.8 Å². The van der Waals surface area contributed by atoms with Crippen molar-refractivity contribution in [3.05, 3.63) is 11.6 Å². The Kier molecular flexibility index (Phi) is 7.98. The summed E-state index contributed by atoms with van der Waals surface area (Å²) in [5.41, 5.74) is 1.13. The minimum atomic E-state index is -0.480. The fraction of sp³-hybridized carbons (Fsp3) is 0.852. The first-order valence-corrected chi connectivity index (χ1v) is 12.7. The summed E-state index contributed by atoms with van der Waals surface area (Å²) >= 11 is 0. The highest BCUT2D eigenvalue weighted by molar-refractivity contribution is 5.86. The molecule has 1 N–H and O–H groups in total. The van der Waals surface area contributed by atoms with Gasteiger partial charge < -0.3 is 5.11 Å². The van der Waals surface area contributed by atoms with E-state index in [0.717, 1.165) is 25.0 Å². The van der Waals surface area contributed by atoms with Gasteiger partial charge >= 0.3 is 0 Å². The summed E-state index contributed by atoms with van der Waals surface area (Å²) in [7, 11) is 0. The lowest BCUT2D eigenvalue weighted by atomic mass is 9.52. The van der Waals surface area contributed by atoms with Crippen LogP contribution in [0.3, 0.4) is 0 Å². The lowest BCUT2D eigenvalue weighted by Crippen LogP contribution is -2.48. The van der Waals surface area contributed by atoms with Crippen molar-refractivity contribution in [2.24, 2.45) is 28.6 Å². The van der Waals surface area contributed by atoms with Crippen molar-refractivity contribution in [3.63, 3.8) is 0 Å². The topological polar surface area (TPSA) is 54.4 Å². The summed E-state index contributed by atoms with van der Waals surface area (Å²) in [6.07, 6.45) is 18.1. The normalized spacial score (nSPS) is 40.5. The van der Waals surface area contributed by atoms with Crippen molar-refractivity contribution >= 4 is 12.1 Å². The van der Waals surface area contributed by atoms with E-state index < -0.39 is 11.5 Å². The minimum Gasteiger partial charge on any atom is -0.393 e. The molecule has 3 saturated carbocycles. The highest BCUT2D eigenvalue weighted by atomic mass is 16.3. The van der Waals surface area contributed by atoms with Gasteiger partial charge in [-0.05, 0) is 74.2 Å². The molecule has 0 bridgehead atoms. The van der Waals surface area contributed by atoms with Crippen molar-refractivity contribution in [2.75, 3.05) is 0 Å². The van der Waals surface area contributed by atoms with E-state index in [9.17, 15) is 14.7 Å². The fourth-order valence-corrected chi connectivity index (χ4v) is 7.27. The highest BCUT2D eigenvalue weighted by Gasteiger charge is 2.56. The predicted molar refractivity (Wildman–Crippen MR) is 122 cm³/mol. The molecule has 6 atom stereocenters. The summed E-state index contributed by atoms with van der Waals surface area (Å²) in [4.78, 5) is 24.6. The minimum absolute atomic E-state index is 0.175. The number of carbonyl (C=O) groups is 2. The molecule has 0 aromatic rings. The van der Waals surface area contributed by atoms with Crippen LogP contribution in [0.15, 0.2) is 11.6 Å². The van der Waals surface area contributed by atoms with E-state index in [1.54, 1.807) is 0 Å². The van der Waals surface area contributed by atoms with Gasteiger partial charge in [-0.2, -0.15) is 0 Å². The van der Waals surface area contributed by atoms with E-state index in [1.807, 2.05) is 6.08 Å². The maximum atomic E-state index is 13.0. The van der Waals surface area contributed by atoms with Gasteiger partial charge in [-0.15, -0.1) is 0 Å². The number of carbonyl (C=O) groups excluding carboxylic acids is 2. The zero-order valence-electron chi connectivity index (χ0n) is 19.6. The summed E-state index contributed by atoms with van der Waals surface area (Å²) < 4.78 is 0. The number of ketones is 1. The number of rotatable bonds is 9. The largest absolute Gasteiger partial charge is 0.393 e. The van der Waals surface area contributed by atoms with E-state index in [1.165, 1.54) is 69.8 Å². The van der Waals surface area contributed by atoms with Crippen LogP contribution < -0.4 is 0 Å². The summed E-state index contributed by atoms with van der Waals surface area (Å²) in [6.45, 7) is 6.84. The van der Waals surface area contributed by atoms with Crippen LogP contribution in [-0.4, -0.2) is 23.3 Å². The van der Waals surface area contributed by atoms with E-state index in [2.05, 4.69) is 20.8 Å². The molecule has 0 aliphatic heterocycles. The lowest BCUT2D eigenvalue weighted by Gasteiger charge is -2.51. The van der Waals surface area contributed by atoms with Gasteiger partial charge in [0.05, 0.1) is 6.10 Å². The van der Waals surface area contributed by atoms with Crippen LogP contribution in [0, 0.1) is 28.6 Å². The molecule has 3 heteroatoms. The molecular formula is C27H44O3. The van der Waals surface area contributed by atoms with Crippen LogP contribution in [0.25, 0.3) is 0 Å². The van der Waals surface area contributed by atoms with E-state index in [4.69, 9.17) is 0 Å². The summed E-state index contributed by atoms with van der Waals surface area (Å²) in [5, 5.41) is 9.96. The molecule has 0 spiro atoms. The van der Waals surface area contributed by atoms with Gasteiger partial charge in [0.25, 0.3) is 0 Å². The Hall–Kier alpha value is -0.960. The molecule has 3 fully saturated rings. The maximum absolute atomic E-state index is 13.0. The standard InChI is InChI=1S/C27H44O3/c1-4-5-6-7-8-9-10-20-11-12-23-22(15-18-28)24(14-17-26(20,23)2)27(3)16-13-21(29)19-25(27)30/h15,18,20-21,23-24,29H,4-14,16-17,19H2,1-3H3/b22-15-/t20-,21-,23-,24-,26+,27+/m0/s1. The first-order valence-electron chi connectivity index (χ1n) is 12.7. The van der Waals surface area contributed by atoms with E-state index in [-0.39, 0.29) is 23.5 Å². The molecule has 0 aromatic carbocycles. The molecule has 170 valence electrons. The molecule has 3 aliphatic carbocycles. The molecule has 3 rings (SSSR count). The van der Waals surface area contributed by atoms with E-state index >= 15 is 0 Å². The Morgan fingerprint density at radius 1 is 0.967 bits per heavy atom. The number of Topliss-reactive ketones (excluding diaryl/α,β-unsaturated/α-hetero) is 1. The van der Waals surface area contributed by atoms with Crippen molar-refractivity contribution in [1.82, 2.24) is 0 Å². The zero-order valence-corrected chi connectivity index (χ0v) is 19.6. The second-order valence-electron chi connectivity index (χ2n) is 11.0. The van der Waals surface area contributed by atoms with Crippen molar-refractivity contribution in [2.45, 2.75) is 117 Å². The Balaban J connectivity index is 1.70. The quantitative estimate of drug-likeness (QED) is 0.268. The number of fused-ring (bicyclic) bond motifs is 1. The Bertz CT molecular complexity index is 638. The SMILES string of the molecule is CCCCCCCC[C@H]1CC[C@H]2/C(=C/C=O)[C@@H]([C@@]3(C)CC[C@H](O)CC3=O)CC[C@]12C. The summed E-state index contributed by atoms with van der Waals surface area (Å²) in [6, 6.07) is 0. The van der Waals surface area contributed by atoms with Crippen LogP contribution in [0.5, 0.6) is 0 Å². The first-order chi connectivity index (χ1) is 14.4. The second-order valence-corrected chi connectivity index (χ2v) is 11.0. The maximum Gasteiger partial charge on any atom is 0.142 e. The third-order valence-electron chi connectivity index (χ3n) is 9.30. The molecule has 0 heterocycles. The number of aliphatic hydroxyl groups excluding tert-OH is 1. The highest BCUT2D eigenvalue weighted by Crippen LogP contribution is 2.63. The van der Waals surface area contributed by atoms with Gasteiger partial charge in [0.2, 0.25) is 0 Å². The average Bonchev–Trinajstić information content (AvgIpc) is 3.05. The monoisotopic (exact) mass is 416 g/mol. The Morgan fingerprint density at radius 2 is 1.70 bits per heavy atom. The first kappa shape index (κ1) is 23.7. The van der Waals surface area contributed by atoms with Gasteiger partial charge in [0.15, 0.2) is 0 Å². The number of unbranched alkanes of at least 4 members (excludes halogenated alkanes) is 5. The summed E-state index contributed by atoms with van der Waals surface area (Å²) in [5.74, 6) is 1.58. The molecular weight excluding hydrogens is 372 g/mol. The molecule has 0 unspecified atom stereocenters. The second kappa shape index (κ2) is 10.1. The average molecular weight is 417 g/mol. The van der Waals surface area contributed by atoms with Gasteiger partial charge in [0.1, 0.15) is 12.1 Å². The van der Waals surface area contributed by atoms with Gasteiger partial charge in [-0.3, -0.25) is 9.59 Å². The van der Waals surface area contributed by atoms with Crippen LogP contribution in [0.2, 0.25) is 0 Å². The number of hydrogen-bond acceptors (Lipinski definition) is 3. The molecule has 0 radical (unpaired) electrons. The Morgan fingerprint density at radius 3 is 2.40 bits per heavy atom. The lowest BCUT2D eigenvalue weighted by molar-refractivity contribution is -0.138. The predicted octanol–water partition coefficient (Wildman–Crippen LogP) is 6.43. The molecule has 30 heavy (non-hydrogen) atoms. The van der Waals surface area contributed by atoms with Crippen molar-refractivity contribution < 1.29 is 14.7 Å². The number of allylic oxidation sites excluding steroid dienone is 2. The van der Waals surface area contributed by atoms with Crippen molar-refractivity contribution in [1.29, 1.82) is 0 Å². The third-order valence-corrected chi connectivity index (χ3v) is 9.30. The van der Waals surface area contributed by atoms with Crippen LogP contribution >= 0.6 is 0 Å². The molecule has 3 nitrogen and oxygen atoms in total. The number of aldehydes is 1. The van der Waals surface area contributed by atoms with E-state index in [0.29, 0.717) is 12.3 Å². The van der Waals surface area contributed by atoms with Gasteiger partial charge in [-0.1, -0.05) is 64.9 Å². The molecule has 0 aromatic heterocycles. The number of hydrogen-bond donors (Lipinski definition) is 1. The smallest absolute Gasteiger partial charge is 0.142 e. The molecule has 3 aliphatic rings. The van der Waals surface area contributed by atoms with Crippen LogP contribution in [0.1, 0.15) is 111 Å². The van der Waals surface area contributed by atoms with Gasteiger partial charge in [-0.25, -0.2) is 0 Å².